The largest absolute Gasteiger partial charge is 0.381 e. The van der Waals surface area contributed by atoms with Crippen LogP contribution in [-0.2, 0) is 32.5 Å². The predicted molar refractivity (Wildman–Crippen MR) is 92.5 cm³/mol. The summed E-state index contributed by atoms with van der Waals surface area (Å²) in [5.41, 5.74) is 2.10. The zero-order valence-electron chi connectivity index (χ0n) is 14.3. The van der Waals surface area contributed by atoms with Gasteiger partial charge in [0, 0.05) is 32.8 Å². The summed E-state index contributed by atoms with van der Waals surface area (Å²) in [4.78, 5) is 14.8. The van der Waals surface area contributed by atoms with E-state index < -0.39 is 10.0 Å². The molecular weight excluding hydrogens is 340 g/mol. The second-order valence-electron chi connectivity index (χ2n) is 7.11. The Hall–Kier alpha value is -1.44. The smallest absolute Gasteiger partial charge is 0.243 e. The molecule has 3 heterocycles. The predicted octanol–water partition coefficient (Wildman–Crippen LogP) is 1.39. The highest BCUT2D eigenvalue weighted by atomic mass is 32.2. The maximum absolute atomic E-state index is 12.8. The summed E-state index contributed by atoms with van der Waals surface area (Å²) in [6, 6.07) is 5.40. The summed E-state index contributed by atoms with van der Waals surface area (Å²) in [5.74, 6) is 0.0917. The van der Waals surface area contributed by atoms with Crippen molar-refractivity contribution in [3.05, 3.63) is 29.3 Å². The van der Waals surface area contributed by atoms with Crippen LogP contribution in [0.5, 0.6) is 0 Å². The van der Waals surface area contributed by atoms with Crippen molar-refractivity contribution in [2.24, 2.45) is 5.92 Å². The van der Waals surface area contributed by atoms with Gasteiger partial charge < -0.3 is 9.64 Å². The third-order valence-electron chi connectivity index (χ3n) is 5.48. The number of hydrogen-bond acceptors (Lipinski definition) is 4. The molecule has 0 aliphatic carbocycles. The molecule has 1 aromatic carbocycles. The van der Waals surface area contributed by atoms with Crippen LogP contribution in [0.3, 0.4) is 0 Å². The molecule has 136 valence electrons. The standard InChI is InChI=1S/C18H24N2O4S/c21-18(15-6-10-24-13-15)19-9-5-14-3-4-17(11-16(14)12-19)25(22,23)20-7-1-2-8-20/h3-4,11,15H,1-2,5-10,12-13H2. The molecule has 0 bridgehead atoms. The fraction of sp³-hybridized carbons (Fsp3) is 0.611. The van der Waals surface area contributed by atoms with Crippen LogP contribution in [0, 0.1) is 5.92 Å². The first-order valence-electron chi connectivity index (χ1n) is 9.04. The van der Waals surface area contributed by atoms with Gasteiger partial charge in [-0.25, -0.2) is 8.42 Å². The first-order valence-corrected chi connectivity index (χ1v) is 10.5. The highest BCUT2D eigenvalue weighted by molar-refractivity contribution is 7.89. The molecule has 2 fully saturated rings. The number of fused-ring (bicyclic) bond motifs is 1. The average Bonchev–Trinajstić information content (AvgIpc) is 3.33. The Morgan fingerprint density at radius 3 is 2.64 bits per heavy atom. The SMILES string of the molecule is O=C(C1CCOC1)N1CCc2ccc(S(=O)(=O)N3CCCC3)cc2C1. The van der Waals surface area contributed by atoms with Gasteiger partial charge in [-0.05, 0) is 48.9 Å². The van der Waals surface area contributed by atoms with Gasteiger partial charge in [-0.2, -0.15) is 4.31 Å². The van der Waals surface area contributed by atoms with E-state index in [1.165, 1.54) is 0 Å². The number of ether oxygens (including phenoxy) is 1. The monoisotopic (exact) mass is 364 g/mol. The maximum Gasteiger partial charge on any atom is 0.243 e. The highest BCUT2D eigenvalue weighted by Crippen LogP contribution is 2.27. The number of amides is 1. The third-order valence-corrected chi connectivity index (χ3v) is 7.38. The molecule has 0 radical (unpaired) electrons. The van der Waals surface area contributed by atoms with Gasteiger partial charge in [0.25, 0.3) is 0 Å². The van der Waals surface area contributed by atoms with E-state index in [1.54, 1.807) is 16.4 Å². The second kappa shape index (κ2) is 6.70. The van der Waals surface area contributed by atoms with Gasteiger partial charge in [-0.15, -0.1) is 0 Å². The Balaban J connectivity index is 1.56. The average molecular weight is 364 g/mol. The third kappa shape index (κ3) is 3.20. The van der Waals surface area contributed by atoms with Crippen molar-refractivity contribution in [2.45, 2.75) is 37.1 Å². The molecule has 4 rings (SSSR count). The number of hydrogen-bond donors (Lipinski definition) is 0. The molecule has 0 N–H and O–H groups in total. The van der Waals surface area contributed by atoms with E-state index in [9.17, 15) is 13.2 Å². The maximum atomic E-state index is 12.8. The Bertz CT molecular complexity index is 765. The van der Waals surface area contributed by atoms with Crippen LogP contribution >= 0.6 is 0 Å². The Labute approximate surface area is 148 Å². The molecule has 0 spiro atoms. The van der Waals surface area contributed by atoms with Crippen LogP contribution in [-0.4, -0.2) is 56.4 Å². The molecule has 2 saturated heterocycles. The number of sulfonamides is 1. The molecule has 0 aromatic heterocycles. The van der Waals surface area contributed by atoms with E-state index in [2.05, 4.69) is 0 Å². The molecule has 1 amide bonds. The van der Waals surface area contributed by atoms with Crippen LogP contribution in [0.4, 0.5) is 0 Å². The van der Waals surface area contributed by atoms with Crippen molar-refractivity contribution in [2.75, 3.05) is 32.8 Å². The van der Waals surface area contributed by atoms with E-state index in [4.69, 9.17) is 4.74 Å². The van der Waals surface area contributed by atoms with Crippen LogP contribution in [0.1, 0.15) is 30.4 Å². The molecule has 3 aliphatic heterocycles. The van der Waals surface area contributed by atoms with E-state index >= 15 is 0 Å². The van der Waals surface area contributed by atoms with Gasteiger partial charge in [-0.3, -0.25) is 4.79 Å². The summed E-state index contributed by atoms with van der Waals surface area (Å²) in [7, 11) is -3.42. The Kier molecular flexibility index (Phi) is 4.56. The number of benzene rings is 1. The van der Waals surface area contributed by atoms with E-state index in [-0.39, 0.29) is 11.8 Å². The minimum atomic E-state index is -3.42. The molecule has 3 aliphatic rings. The van der Waals surface area contributed by atoms with Crippen molar-refractivity contribution in [3.63, 3.8) is 0 Å². The first-order chi connectivity index (χ1) is 12.1. The normalized spacial score (nSPS) is 24.5. The van der Waals surface area contributed by atoms with Crippen LogP contribution in [0.2, 0.25) is 0 Å². The van der Waals surface area contributed by atoms with E-state index in [0.29, 0.717) is 44.3 Å². The second-order valence-corrected chi connectivity index (χ2v) is 9.05. The van der Waals surface area contributed by atoms with E-state index in [0.717, 1.165) is 36.8 Å². The molecule has 1 atom stereocenters. The molecule has 1 aromatic rings. The van der Waals surface area contributed by atoms with Gasteiger partial charge in [0.1, 0.15) is 0 Å². The van der Waals surface area contributed by atoms with Gasteiger partial charge >= 0.3 is 0 Å². The number of carbonyl (C=O) groups is 1. The summed E-state index contributed by atoms with van der Waals surface area (Å²) in [5, 5.41) is 0. The zero-order valence-corrected chi connectivity index (χ0v) is 15.1. The van der Waals surface area contributed by atoms with Gasteiger partial charge in [0.15, 0.2) is 0 Å². The Morgan fingerprint density at radius 2 is 1.92 bits per heavy atom. The van der Waals surface area contributed by atoms with Crippen molar-refractivity contribution < 1.29 is 17.9 Å². The van der Waals surface area contributed by atoms with E-state index in [1.807, 2.05) is 11.0 Å². The van der Waals surface area contributed by atoms with Crippen molar-refractivity contribution in [1.29, 1.82) is 0 Å². The van der Waals surface area contributed by atoms with Gasteiger partial charge in [0.05, 0.1) is 17.4 Å². The lowest BCUT2D eigenvalue weighted by atomic mass is 9.98. The Morgan fingerprint density at radius 1 is 1.12 bits per heavy atom. The molecule has 7 heteroatoms. The van der Waals surface area contributed by atoms with Crippen molar-refractivity contribution >= 4 is 15.9 Å². The lowest BCUT2D eigenvalue weighted by Crippen LogP contribution is -2.40. The van der Waals surface area contributed by atoms with Crippen LogP contribution in [0.25, 0.3) is 0 Å². The molecule has 1 unspecified atom stereocenters. The van der Waals surface area contributed by atoms with Crippen molar-refractivity contribution in [1.82, 2.24) is 9.21 Å². The van der Waals surface area contributed by atoms with Crippen LogP contribution < -0.4 is 0 Å². The van der Waals surface area contributed by atoms with Gasteiger partial charge in [-0.1, -0.05) is 6.07 Å². The summed E-state index contributed by atoms with van der Waals surface area (Å²) in [6.07, 6.45) is 3.41. The first kappa shape index (κ1) is 17.0. The molecule has 25 heavy (non-hydrogen) atoms. The number of nitrogens with zero attached hydrogens (tertiary/aromatic N) is 2. The van der Waals surface area contributed by atoms with Crippen LogP contribution in [0.15, 0.2) is 23.1 Å². The van der Waals surface area contributed by atoms with Crippen molar-refractivity contribution in [3.8, 4) is 0 Å². The lowest BCUT2D eigenvalue weighted by Gasteiger charge is -2.31. The fourth-order valence-corrected chi connectivity index (χ4v) is 5.52. The summed E-state index contributed by atoms with van der Waals surface area (Å²) >= 11 is 0. The summed E-state index contributed by atoms with van der Waals surface area (Å²) < 4.78 is 32.4. The number of carbonyl (C=O) groups excluding carboxylic acids is 1. The molecular formula is C18H24N2O4S. The minimum Gasteiger partial charge on any atom is -0.381 e. The zero-order chi connectivity index (χ0) is 17.4. The number of rotatable bonds is 3. The molecule has 0 saturated carbocycles. The topological polar surface area (TPSA) is 66.9 Å². The summed E-state index contributed by atoms with van der Waals surface area (Å²) in [6.45, 7) is 3.55. The minimum absolute atomic E-state index is 0.0435. The fourth-order valence-electron chi connectivity index (χ4n) is 3.95. The quantitative estimate of drug-likeness (QED) is 0.813. The van der Waals surface area contributed by atoms with Gasteiger partial charge in [0.2, 0.25) is 15.9 Å². The lowest BCUT2D eigenvalue weighted by molar-refractivity contribution is -0.136. The molecule has 6 nitrogen and oxygen atoms in total. The highest BCUT2D eigenvalue weighted by Gasteiger charge is 2.32.